The molecular weight excluding hydrogens is 412 g/mol. The number of pyridine rings is 1. The molecule has 31 heavy (non-hydrogen) atoms. The van der Waals surface area contributed by atoms with Crippen molar-refractivity contribution in [1.29, 1.82) is 0 Å². The highest BCUT2D eigenvalue weighted by Gasteiger charge is 2.43. The maximum atomic E-state index is 13.0. The summed E-state index contributed by atoms with van der Waals surface area (Å²) in [6.07, 6.45) is 5.96. The zero-order valence-corrected chi connectivity index (χ0v) is 18.9. The molecular formula is C23H26N4O3S. The van der Waals surface area contributed by atoms with Gasteiger partial charge in [0.25, 0.3) is 5.91 Å². The summed E-state index contributed by atoms with van der Waals surface area (Å²) in [4.78, 5) is 22.0. The number of rotatable bonds is 3. The summed E-state index contributed by atoms with van der Waals surface area (Å²) >= 11 is 1.80. The second-order valence-electron chi connectivity index (χ2n) is 8.18. The molecule has 1 saturated heterocycles. The van der Waals surface area contributed by atoms with Crippen molar-refractivity contribution in [2.45, 2.75) is 31.8 Å². The summed E-state index contributed by atoms with van der Waals surface area (Å²) in [5.74, 6) is 0.815. The van der Waals surface area contributed by atoms with E-state index in [0.717, 1.165) is 47.9 Å². The molecule has 0 saturated carbocycles. The predicted octanol–water partition coefficient (Wildman–Crippen LogP) is 3.56. The molecule has 8 heteroatoms. The van der Waals surface area contributed by atoms with Gasteiger partial charge in [-0.15, -0.1) is 11.3 Å². The maximum Gasteiger partial charge on any atom is 0.257 e. The Morgan fingerprint density at radius 3 is 2.71 bits per heavy atom. The lowest BCUT2D eigenvalue weighted by Crippen LogP contribution is -2.48. The largest absolute Gasteiger partial charge is 0.495 e. The number of ether oxygens (including phenoxy) is 2. The summed E-state index contributed by atoms with van der Waals surface area (Å²) in [6, 6.07) is 6.19. The molecule has 0 atom stereocenters. The minimum absolute atomic E-state index is 0.0601. The average Bonchev–Trinajstić information content (AvgIpc) is 3.39. The number of piperidine rings is 1. The molecule has 7 nitrogen and oxygen atoms in total. The summed E-state index contributed by atoms with van der Waals surface area (Å²) in [5, 5.41) is 4.22. The molecule has 5 heterocycles. The lowest BCUT2D eigenvalue weighted by Gasteiger charge is -2.44. The zero-order chi connectivity index (χ0) is 21.6. The number of carbonyl (C=O) groups excluding carboxylic acids is 1. The SMILES string of the molecule is COc1ccc(-c2cc3c(s2)CCOC32CCN(C(=O)c3cnn(C)c3C)CC2)nc1. The van der Waals surface area contributed by atoms with Crippen LogP contribution in [0.2, 0.25) is 0 Å². The summed E-state index contributed by atoms with van der Waals surface area (Å²) in [6.45, 7) is 4.01. The molecule has 0 aliphatic carbocycles. The molecule has 0 aromatic carbocycles. The van der Waals surface area contributed by atoms with Gasteiger partial charge in [-0.05, 0) is 43.5 Å². The topological polar surface area (TPSA) is 69.5 Å². The molecule has 2 aliphatic rings. The minimum atomic E-state index is -0.310. The van der Waals surface area contributed by atoms with Crippen LogP contribution < -0.4 is 4.74 Å². The van der Waals surface area contributed by atoms with Crippen molar-refractivity contribution in [3.63, 3.8) is 0 Å². The monoisotopic (exact) mass is 438 g/mol. The van der Waals surface area contributed by atoms with Crippen molar-refractivity contribution in [3.8, 4) is 16.3 Å². The van der Waals surface area contributed by atoms with Gasteiger partial charge >= 0.3 is 0 Å². The first-order valence-electron chi connectivity index (χ1n) is 10.6. The van der Waals surface area contributed by atoms with E-state index in [1.165, 1.54) is 10.4 Å². The number of aryl methyl sites for hydroxylation is 1. The van der Waals surface area contributed by atoms with Crippen LogP contribution in [0.1, 0.15) is 39.3 Å². The van der Waals surface area contributed by atoms with Gasteiger partial charge in [0.2, 0.25) is 0 Å². The standard InChI is InChI=1S/C23H26N4O3S/c1-15-17(14-25-26(15)2)22(28)27-9-7-23(8-10-27)18-12-21(31-20(18)6-11-30-23)19-5-4-16(29-3)13-24-19/h4-5,12-14H,6-11H2,1-3H3. The molecule has 0 N–H and O–H groups in total. The second kappa shape index (κ2) is 7.76. The fraction of sp³-hybridized carbons (Fsp3) is 0.435. The number of amides is 1. The van der Waals surface area contributed by atoms with Crippen molar-refractivity contribution < 1.29 is 14.3 Å². The van der Waals surface area contributed by atoms with E-state index in [-0.39, 0.29) is 11.5 Å². The van der Waals surface area contributed by atoms with Gasteiger partial charge in [0.05, 0.1) is 47.8 Å². The molecule has 0 radical (unpaired) electrons. The van der Waals surface area contributed by atoms with Crippen LogP contribution in [0, 0.1) is 6.92 Å². The van der Waals surface area contributed by atoms with E-state index < -0.39 is 0 Å². The molecule has 3 aromatic rings. The smallest absolute Gasteiger partial charge is 0.257 e. The third-order valence-corrected chi connectivity index (χ3v) is 7.77. The Bertz CT molecular complexity index is 1110. The van der Waals surface area contributed by atoms with E-state index in [2.05, 4.69) is 16.1 Å². The van der Waals surface area contributed by atoms with E-state index in [4.69, 9.17) is 9.47 Å². The van der Waals surface area contributed by atoms with E-state index >= 15 is 0 Å². The normalized spacial score (nSPS) is 17.6. The number of thiophene rings is 1. The molecule has 0 unspecified atom stereocenters. The van der Waals surface area contributed by atoms with Crippen LogP contribution in [0.15, 0.2) is 30.6 Å². The number of hydrogen-bond acceptors (Lipinski definition) is 6. The first-order chi connectivity index (χ1) is 15.0. The van der Waals surface area contributed by atoms with E-state index in [9.17, 15) is 4.79 Å². The molecule has 162 valence electrons. The minimum Gasteiger partial charge on any atom is -0.495 e. The van der Waals surface area contributed by atoms with Crippen LogP contribution in [0.3, 0.4) is 0 Å². The molecule has 1 amide bonds. The Kier molecular flexibility index (Phi) is 5.06. The van der Waals surface area contributed by atoms with Crippen LogP contribution in [-0.2, 0) is 23.8 Å². The van der Waals surface area contributed by atoms with Crippen LogP contribution in [0.5, 0.6) is 5.75 Å². The second-order valence-corrected chi connectivity index (χ2v) is 9.32. The lowest BCUT2D eigenvalue weighted by molar-refractivity contribution is -0.0926. The number of methoxy groups -OCH3 is 1. The third kappa shape index (κ3) is 3.43. The molecule has 5 rings (SSSR count). The Hall–Kier alpha value is -2.71. The average molecular weight is 439 g/mol. The van der Waals surface area contributed by atoms with Crippen molar-refractivity contribution in [3.05, 3.63) is 52.3 Å². The fourth-order valence-electron chi connectivity index (χ4n) is 4.55. The fourth-order valence-corrected chi connectivity index (χ4v) is 5.76. The van der Waals surface area contributed by atoms with Crippen molar-refractivity contribution in [2.24, 2.45) is 7.05 Å². The Morgan fingerprint density at radius 2 is 2.06 bits per heavy atom. The van der Waals surface area contributed by atoms with Gasteiger partial charge in [0, 0.05) is 37.1 Å². The number of likely N-dealkylation sites (tertiary alicyclic amines) is 1. The molecule has 1 spiro atoms. The first-order valence-corrected chi connectivity index (χ1v) is 11.4. The van der Waals surface area contributed by atoms with Crippen LogP contribution in [0.25, 0.3) is 10.6 Å². The highest BCUT2D eigenvalue weighted by atomic mass is 32.1. The number of hydrogen-bond donors (Lipinski definition) is 0. The van der Waals surface area contributed by atoms with Crippen LogP contribution in [-0.4, -0.2) is 52.4 Å². The van der Waals surface area contributed by atoms with Gasteiger partial charge in [0.1, 0.15) is 5.75 Å². The third-order valence-electron chi connectivity index (χ3n) is 6.56. The molecule has 3 aromatic heterocycles. The zero-order valence-electron chi connectivity index (χ0n) is 18.1. The lowest BCUT2D eigenvalue weighted by atomic mass is 9.82. The van der Waals surface area contributed by atoms with Crippen LogP contribution in [0.4, 0.5) is 0 Å². The van der Waals surface area contributed by atoms with Gasteiger partial charge in [-0.1, -0.05) is 0 Å². The van der Waals surface area contributed by atoms with Crippen molar-refractivity contribution in [1.82, 2.24) is 19.7 Å². The quantitative estimate of drug-likeness (QED) is 0.625. The van der Waals surface area contributed by atoms with Crippen molar-refractivity contribution in [2.75, 3.05) is 26.8 Å². The van der Waals surface area contributed by atoms with Crippen molar-refractivity contribution >= 4 is 17.2 Å². The summed E-state index contributed by atoms with van der Waals surface area (Å²) in [7, 11) is 3.51. The molecule has 1 fully saturated rings. The van der Waals surface area contributed by atoms with Crippen LogP contribution >= 0.6 is 11.3 Å². The van der Waals surface area contributed by atoms with E-state index in [0.29, 0.717) is 18.7 Å². The Balaban J connectivity index is 1.37. The summed E-state index contributed by atoms with van der Waals surface area (Å²) in [5.41, 5.74) is 3.51. The van der Waals surface area contributed by atoms with E-state index in [1.54, 1.807) is 35.5 Å². The maximum absolute atomic E-state index is 13.0. The highest BCUT2D eigenvalue weighted by Crippen LogP contribution is 2.46. The van der Waals surface area contributed by atoms with Gasteiger partial charge in [-0.3, -0.25) is 14.5 Å². The predicted molar refractivity (Wildman–Crippen MR) is 119 cm³/mol. The highest BCUT2D eigenvalue weighted by molar-refractivity contribution is 7.15. The van der Waals surface area contributed by atoms with Gasteiger partial charge in [-0.2, -0.15) is 5.10 Å². The number of carbonyl (C=O) groups is 1. The number of aromatic nitrogens is 3. The Labute approximate surface area is 185 Å². The van der Waals surface area contributed by atoms with Gasteiger partial charge in [-0.25, -0.2) is 0 Å². The van der Waals surface area contributed by atoms with E-state index in [1.807, 2.05) is 31.0 Å². The van der Waals surface area contributed by atoms with Gasteiger partial charge < -0.3 is 14.4 Å². The first kappa shape index (κ1) is 20.2. The molecule has 0 bridgehead atoms. The Morgan fingerprint density at radius 1 is 1.26 bits per heavy atom. The number of fused-ring (bicyclic) bond motifs is 2. The summed E-state index contributed by atoms with van der Waals surface area (Å²) < 4.78 is 13.4. The molecule has 2 aliphatic heterocycles. The number of nitrogens with zero attached hydrogens (tertiary/aromatic N) is 4. The van der Waals surface area contributed by atoms with Gasteiger partial charge in [0.15, 0.2) is 0 Å².